The second kappa shape index (κ2) is 5.88. The van der Waals surface area contributed by atoms with Crippen molar-refractivity contribution in [2.75, 3.05) is 18.4 Å². The lowest BCUT2D eigenvalue weighted by Gasteiger charge is -2.15. The van der Waals surface area contributed by atoms with Gasteiger partial charge in [-0.25, -0.2) is 4.98 Å². The van der Waals surface area contributed by atoms with Crippen molar-refractivity contribution in [1.29, 1.82) is 0 Å². The van der Waals surface area contributed by atoms with E-state index in [0.717, 1.165) is 31.7 Å². The van der Waals surface area contributed by atoms with Crippen molar-refractivity contribution in [2.24, 2.45) is 0 Å². The summed E-state index contributed by atoms with van der Waals surface area (Å²) in [6.45, 7) is 2.62. The number of pyridine rings is 1. The minimum atomic E-state index is -0.452. The highest BCUT2D eigenvalue weighted by atomic mass is 16.6. The SMILES string of the molecule is O=[N+]([O-])c1ccc(NC2CCN(Cc3ccon3)C2)nc1. The number of rotatable bonds is 5. The molecule has 8 nitrogen and oxygen atoms in total. The van der Waals surface area contributed by atoms with Crippen LogP contribution in [0.15, 0.2) is 35.2 Å². The van der Waals surface area contributed by atoms with Crippen molar-refractivity contribution < 1.29 is 9.45 Å². The monoisotopic (exact) mass is 289 g/mol. The predicted octanol–water partition coefficient (Wildman–Crippen LogP) is 1.66. The Hall–Kier alpha value is -2.48. The third-order valence-electron chi connectivity index (χ3n) is 3.46. The van der Waals surface area contributed by atoms with Gasteiger partial charge in [0, 0.05) is 37.8 Å². The van der Waals surface area contributed by atoms with Gasteiger partial charge in [0.2, 0.25) is 0 Å². The van der Waals surface area contributed by atoms with Gasteiger partial charge in [0.1, 0.15) is 18.3 Å². The molecule has 2 aromatic rings. The maximum atomic E-state index is 10.6. The molecule has 3 heterocycles. The number of nitrogens with one attached hydrogen (secondary N) is 1. The molecule has 0 amide bonds. The van der Waals surface area contributed by atoms with Crippen LogP contribution in [-0.4, -0.2) is 39.1 Å². The molecule has 3 rings (SSSR count). The lowest BCUT2D eigenvalue weighted by Crippen LogP contribution is -2.26. The van der Waals surface area contributed by atoms with Crippen LogP contribution in [0.4, 0.5) is 11.5 Å². The second-order valence-electron chi connectivity index (χ2n) is 5.01. The summed E-state index contributed by atoms with van der Waals surface area (Å²) in [7, 11) is 0. The van der Waals surface area contributed by atoms with Gasteiger partial charge in [-0.3, -0.25) is 15.0 Å². The lowest BCUT2D eigenvalue weighted by atomic mass is 10.2. The molecular weight excluding hydrogens is 274 g/mol. The van der Waals surface area contributed by atoms with Crippen molar-refractivity contribution in [1.82, 2.24) is 15.0 Å². The molecule has 0 aliphatic carbocycles. The molecule has 1 saturated heterocycles. The van der Waals surface area contributed by atoms with Crippen molar-refractivity contribution in [3.63, 3.8) is 0 Å². The highest BCUT2D eigenvalue weighted by Crippen LogP contribution is 2.18. The molecule has 1 aliphatic rings. The molecule has 1 fully saturated rings. The highest BCUT2D eigenvalue weighted by molar-refractivity contribution is 5.41. The molecule has 0 spiro atoms. The quantitative estimate of drug-likeness (QED) is 0.660. The Morgan fingerprint density at radius 3 is 3.05 bits per heavy atom. The zero-order valence-electron chi connectivity index (χ0n) is 11.3. The Morgan fingerprint density at radius 1 is 1.48 bits per heavy atom. The van der Waals surface area contributed by atoms with Crippen molar-refractivity contribution in [3.8, 4) is 0 Å². The fourth-order valence-corrected chi connectivity index (χ4v) is 2.43. The van der Waals surface area contributed by atoms with Gasteiger partial charge < -0.3 is 9.84 Å². The molecule has 2 aromatic heterocycles. The van der Waals surface area contributed by atoms with E-state index >= 15 is 0 Å². The molecular formula is C13H15N5O3. The summed E-state index contributed by atoms with van der Waals surface area (Å²) in [6.07, 6.45) is 3.84. The molecule has 0 radical (unpaired) electrons. The maximum absolute atomic E-state index is 10.6. The fourth-order valence-electron chi connectivity index (χ4n) is 2.43. The summed E-state index contributed by atoms with van der Waals surface area (Å²) in [4.78, 5) is 16.5. The van der Waals surface area contributed by atoms with E-state index in [2.05, 4.69) is 20.4 Å². The van der Waals surface area contributed by atoms with E-state index in [0.29, 0.717) is 5.82 Å². The normalized spacial score (nSPS) is 18.8. The van der Waals surface area contributed by atoms with Gasteiger partial charge in [-0.05, 0) is 12.5 Å². The molecule has 110 valence electrons. The average molecular weight is 289 g/mol. The molecule has 8 heteroatoms. The largest absolute Gasteiger partial charge is 0.366 e. The first-order valence-corrected chi connectivity index (χ1v) is 6.69. The Labute approximate surface area is 120 Å². The van der Waals surface area contributed by atoms with Crippen LogP contribution >= 0.6 is 0 Å². The molecule has 21 heavy (non-hydrogen) atoms. The van der Waals surface area contributed by atoms with Crippen molar-refractivity contribution in [3.05, 3.63) is 46.5 Å². The average Bonchev–Trinajstić information content (AvgIpc) is 3.12. The molecule has 0 saturated carbocycles. The van der Waals surface area contributed by atoms with E-state index < -0.39 is 4.92 Å². The van der Waals surface area contributed by atoms with Gasteiger partial charge in [-0.2, -0.15) is 0 Å². The summed E-state index contributed by atoms with van der Waals surface area (Å²) in [5.74, 6) is 0.661. The van der Waals surface area contributed by atoms with Crippen LogP contribution in [0.25, 0.3) is 0 Å². The molecule has 1 unspecified atom stereocenters. The predicted molar refractivity (Wildman–Crippen MR) is 74.7 cm³/mol. The van der Waals surface area contributed by atoms with Crippen LogP contribution in [0, 0.1) is 10.1 Å². The Morgan fingerprint density at radius 2 is 2.38 bits per heavy atom. The van der Waals surface area contributed by atoms with Gasteiger partial charge in [0.15, 0.2) is 0 Å². The highest BCUT2D eigenvalue weighted by Gasteiger charge is 2.23. The van der Waals surface area contributed by atoms with Crippen LogP contribution in [0.1, 0.15) is 12.1 Å². The maximum Gasteiger partial charge on any atom is 0.287 e. The van der Waals surface area contributed by atoms with Gasteiger partial charge in [-0.1, -0.05) is 5.16 Å². The third-order valence-corrected chi connectivity index (χ3v) is 3.46. The van der Waals surface area contributed by atoms with Crippen LogP contribution in [0.3, 0.4) is 0 Å². The minimum absolute atomic E-state index is 0.000342. The fraction of sp³-hybridized carbons (Fsp3) is 0.385. The van der Waals surface area contributed by atoms with Crippen molar-refractivity contribution >= 4 is 11.5 Å². The third kappa shape index (κ3) is 3.34. The minimum Gasteiger partial charge on any atom is -0.366 e. The first-order valence-electron chi connectivity index (χ1n) is 6.69. The van der Waals surface area contributed by atoms with Gasteiger partial charge in [0.25, 0.3) is 5.69 Å². The topological polar surface area (TPSA) is 97.3 Å². The number of anilines is 1. The molecule has 0 aromatic carbocycles. The number of nitro groups is 1. The van der Waals surface area contributed by atoms with Crippen molar-refractivity contribution in [2.45, 2.75) is 19.0 Å². The number of likely N-dealkylation sites (tertiary alicyclic amines) is 1. The van der Waals surface area contributed by atoms with Gasteiger partial charge >= 0.3 is 0 Å². The second-order valence-corrected chi connectivity index (χ2v) is 5.01. The Bertz CT molecular complexity index is 599. The van der Waals surface area contributed by atoms with Crippen LogP contribution in [-0.2, 0) is 6.54 Å². The van der Waals surface area contributed by atoms with E-state index in [1.165, 1.54) is 12.3 Å². The first kappa shape index (κ1) is 13.5. The van der Waals surface area contributed by atoms with E-state index in [4.69, 9.17) is 4.52 Å². The van der Waals surface area contributed by atoms with E-state index in [9.17, 15) is 10.1 Å². The standard InChI is InChI=1S/C13H15N5O3/c19-18(20)12-1-2-13(14-7-12)15-10-3-5-17(8-10)9-11-4-6-21-16-11/h1-2,4,6-7,10H,3,5,8-9H2,(H,14,15). The summed E-state index contributed by atoms with van der Waals surface area (Å²) in [6, 6.07) is 5.24. The number of nitrogens with zero attached hydrogens (tertiary/aromatic N) is 4. The zero-order valence-corrected chi connectivity index (χ0v) is 11.3. The summed E-state index contributed by atoms with van der Waals surface area (Å²) in [5, 5.41) is 17.8. The number of aromatic nitrogens is 2. The van der Waals surface area contributed by atoms with E-state index in [-0.39, 0.29) is 11.7 Å². The Balaban J connectivity index is 1.53. The summed E-state index contributed by atoms with van der Waals surface area (Å²) in [5.41, 5.74) is 0.920. The lowest BCUT2D eigenvalue weighted by molar-refractivity contribution is -0.385. The molecule has 0 bridgehead atoms. The number of hydrogen-bond acceptors (Lipinski definition) is 7. The smallest absolute Gasteiger partial charge is 0.287 e. The Kier molecular flexibility index (Phi) is 3.78. The van der Waals surface area contributed by atoms with Gasteiger partial charge in [0.05, 0.1) is 10.6 Å². The summed E-state index contributed by atoms with van der Waals surface area (Å²) < 4.78 is 4.82. The van der Waals surface area contributed by atoms with E-state index in [1.807, 2.05) is 6.07 Å². The molecule has 1 atom stereocenters. The van der Waals surface area contributed by atoms with E-state index in [1.54, 1.807) is 12.3 Å². The molecule has 1 aliphatic heterocycles. The van der Waals surface area contributed by atoms with Crippen LogP contribution in [0.2, 0.25) is 0 Å². The molecule has 1 N–H and O–H groups in total. The van der Waals surface area contributed by atoms with Crippen LogP contribution < -0.4 is 5.32 Å². The first-order chi connectivity index (χ1) is 10.2. The number of hydrogen-bond donors (Lipinski definition) is 1. The zero-order chi connectivity index (χ0) is 14.7. The van der Waals surface area contributed by atoms with Crippen LogP contribution in [0.5, 0.6) is 0 Å². The summed E-state index contributed by atoms with van der Waals surface area (Å²) >= 11 is 0. The van der Waals surface area contributed by atoms with Gasteiger partial charge in [-0.15, -0.1) is 0 Å².